The van der Waals surface area contributed by atoms with E-state index in [9.17, 15) is 4.79 Å². The van der Waals surface area contributed by atoms with Gasteiger partial charge in [-0.1, -0.05) is 51.1 Å². The maximum absolute atomic E-state index is 12.3. The third-order valence-corrected chi connectivity index (χ3v) is 4.16. The Morgan fingerprint density at radius 3 is 2.36 bits per heavy atom. The smallest absolute Gasteiger partial charge is 0.258 e. The lowest BCUT2D eigenvalue weighted by atomic mass is 10.0. The normalized spacial score (nSPS) is 11.9. The first kappa shape index (κ1) is 18.8. The van der Waals surface area contributed by atoms with Gasteiger partial charge in [-0.05, 0) is 41.7 Å². The first-order chi connectivity index (χ1) is 12.0. The van der Waals surface area contributed by atoms with Gasteiger partial charge >= 0.3 is 0 Å². The number of hydrogen-bond acceptors (Lipinski definition) is 3. The van der Waals surface area contributed by atoms with Crippen LogP contribution in [0.2, 0.25) is 0 Å². The van der Waals surface area contributed by atoms with Crippen LogP contribution in [-0.4, -0.2) is 19.6 Å². The van der Waals surface area contributed by atoms with Crippen molar-refractivity contribution in [2.75, 3.05) is 13.7 Å². The summed E-state index contributed by atoms with van der Waals surface area (Å²) in [5, 5.41) is 3.03. The van der Waals surface area contributed by atoms with E-state index in [0.717, 1.165) is 29.0 Å². The van der Waals surface area contributed by atoms with Crippen molar-refractivity contribution in [1.29, 1.82) is 0 Å². The van der Waals surface area contributed by atoms with E-state index in [0.29, 0.717) is 5.92 Å². The second kappa shape index (κ2) is 9.11. The van der Waals surface area contributed by atoms with Crippen LogP contribution in [0, 0.1) is 0 Å². The molecule has 1 unspecified atom stereocenters. The predicted octanol–water partition coefficient (Wildman–Crippen LogP) is 4.46. The van der Waals surface area contributed by atoms with E-state index >= 15 is 0 Å². The molecule has 0 aliphatic heterocycles. The van der Waals surface area contributed by atoms with Crippen molar-refractivity contribution in [3.8, 4) is 11.5 Å². The Bertz CT molecular complexity index is 680. The molecular formula is C21H27NO3. The number of carbonyl (C=O) groups is 1. The average molecular weight is 341 g/mol. The maximum atomic E-state index is 12.3. The van der Waals surface area contributed by atoms with Crippen LogP contribution in [0.4, 0.5) is 0 Å². The van der Waals surface area contributed by atoms with Gasteiger partial charge in [-0.25, -0.2) is 0 Å². The molecule has 2 aromatic carbocycles. The van der Waals surface area contributed by atoms with Gasteiger partial charge in [0, 0.05) is 0 Å². The van der Waals surface area contributed by atoms with Crippen LogP contribution in [0.25, 0.3) is 0 Å². The summed E-state index contributed by atoms with van der Waals surface area (Å²) < 4.78 is 10.9. The molecule has 0 fully saturated rings. The average Bonchev–Trinajstić information content (AvgIpc) is 2.64. The highest BCUT2D eigenvalue weighted by atomic mass is 16.5. The lowest BCUT2D eigenvalue weighted by Gasteiger charge is -2.19. The Labute approximate surface area is 150 Å². The van der Waals surface area contributed by atoms with Gasteiger partial charge in [0.15, 0.2) is 6.61 Å². The van der Waals surface area contributed by atoms with Gasteiger partial charge in [0.05, 0.1) is 13.2 Å². The summed E-state index contributed by atoms with van der Waals surface area (Å²) >= 11 is 0. The van der Waals surface area contributed by atoms with E-state index in [-0.39, 0.29) is 18.6 Å². The molecule has 0 radical (unpaired) electrons. The number of para-hydroxylation sites is 1. The highest BCUT2D eigenvalue weighted by Gasteiger charge is 2.14. The summed E-state index contributed by atoms with van der Waals surface area (Å²) in [7, 11) is 1.64. The topological polar surface area (TPSA) is 47.6 Å². The van der Waals surface area contributed by atoms with E-state index in [1.54, 1.807) is 7.11 Å². The Hall–Kier alpha value is -2.49. The summed E-state index contributed by atoms with van der Waals surface area (Å²) in [6, 6.07) is 15.6. The molecule has 0 saturated carbocycles. The second-order valence-corrected chi connectivity index (χ2v) is 6.28. The number of benzene rings is 2. The van der Waals surface area contributed by atoms with Gasteiger partial charge in [0.1, 0.15) is 11.5 Å². The Kier molecular flexibility index (Phi) is 6.87. The zero-order valence-corrected chi connectivity index (χ0v) is 15.4. The van der Waals surface area contributed by atoms with Gasteiger partial charge < -0.3 is 14.8 Å². The molecule has 0 aromatic heterocycles. The van der Waals surface area contributed by atoms with Crippen LogP contribution >= 0.6 is 0 Å². The van der Waals surface area contributed by atoms with Crippen molar-refractivity contribution in [2.24, 2.45) is 0 Å². The summed E-state index contributed by atoms with van der Waals surface area (Å²) in [5.74, 6) is 1.80. The Balaban J connectivity index is 1.96. The number of nitrogens with one attached hydrogen (secondary N) is 1. The number of rotatable bonds is 8. The van der Waals surface area contributed by atoms with E-state index < -0.39 is 0 Å². The van der Waals surface area contributed by atoms with Gasteiger partial charge in [0.25, 0.3) is 5.91 Å². The van der Waals surface area contributed by atoms with Crippen molar-refractivity contribution in [3.05, 3.63) is 59.7 Å². The summed E-state index contributed by atoms with van der Waals surface area (Å²) in [6.07, 6.45) is 0.806. The number of hydrogen-bond donors (Lipinski definition) is 1. The van der Waals surface area contributed by atoms with Crippen LogP contribution in [0.3, 0.4) is 0 Å². The van der Waals surface area contributed by atoms with Gasteiger partial charge in [0.2, 0.25) is 0 Å². The molecule has 134 valence electrons. The molecule has 4 nitrogen and oxygen atoms in total. The van der Waals surface area contributed by atoms with Crippen molar-refractivity contribution in [1.82, 2.24) is 5.32 Å². The van der Waals surface area contributed by atoms with Crippen molar-refractivity contribution < 1.29 is 14.3 Å². The van der Waals surface area contributed by atoms with Crippen molar-refractivity contribution in [2.45, 2.75) is 39.2 Å². The van der Waals surface area contributed by atoms with Gasteiger partial charge in [-0.15, -0.1) is 0 Å². The third-order valence-electron chi connectivity index (χ3n) is 4.16. The number of carbonyl (C=O) groups excluding carboxylic acids is 1. The first-order valence-electron chi connectivity index (χ1n) is 8.70. The Morgan fingerprint density at radius 1 is 1.08 bits per heavy atom. The van der Waals surface area contributed by atoms with Crippen molar-refractivity contribution in [3.63, 3.8) is 0 Å². The summed E-state index contributed by atoms with van der Waals surface area (Å²) in [5.41, 5.74) is 2.16. The molecule has 0 heterocycles. The molecule has 0 aliphatic rings. The predicted molar refractivity (Wildman–Crippen MR) is 100 cm³/mol. The lowest BCUT2D eigenvalue weighted by molar-refractivity contribution is -0.123. The molecule has 1 atom stereocenters. The minimum atomic E-state index is -0.124. The fourth-order valence-corrected chi connectivity index (χ4v) is 2.73. The molecule has 0 aliphatic carbocycles. The molecule has 2 rings (SSSR count). The van der Waals surface area contributed by atoms with Gasteiger partial charge in [-0.2, -0.15) is 0 Å². The monoisotopic (exact) mass is 341 g/mol. The fourth-order valence-electron chi connectivity index (χ4n) is 2.73. The number of amides is 1. The summed E-state index contributed by atoms with van der Waals surface area (Å²) in [6.45, 7) is 6.28. The molecule has 1 N–H and O–H groups in total. The minimum absolute atomic E-state index is 0.0103. The number of methoxy groups -OCH3 is 1. The zero-order valence-electron chi connectivity index (χ0n) is 15.4. The molecule has 25 heavy (non-hydrogen) atoms. The van der Waals surface area contributed by atoms with E-state index in [1.165, 1.54) is 0 Å². The first-order valence-corrected chi connectivity index (χ1v) is 8.70. The van der Waals surface area contributed by atoms with Crippen LogP contribution in [0.5, 0.6) is 11.5 Å². The largest absolute Gasteiger partial charge is 0.497 e. The standard InChI is InChI=1S/C21H27NO3/c1-5-19(16-10-12-17(24-4)13-11-16)22-21(23)14-25-20-9-7-6-8-18(20)15(2)3/h6-13,15,19H,5,14H2,1-4H3,(H,22,23). The van der Waals surface area contributed by atoms with Crippen LogP contribution in [0.15, 0.2) is 48.5 Å². The van der Waals surface area contributed by atoms with Crippen LogP contribution < -0.4 is 14.8 Å². The van der Waals surface area contributed by atoms with E-state index in [1.807, 2.05) is 55.5 Å². The second-order valence-electron chi connectivity index (χ2n) is 6.28. The van der Waals surface area contributed by atoms with E-state index in [4.69, 9.17) is 9.47 Å². The lowest BCUT2D eigenvalue weighted by Crippen LogP contribution is -2.32. The molecule has 0 bridgehead atoms. The molecule has 2 aromatic rings. The SMILES string of the molecule is CCC(NC(=O)COc1ccccc1C(C)C)c1ccc(OC)cc1. The van der Waals surface area contributed by atoms with Gasteiger partial charge in [-0.3, -0.25) is 4.79 Å². The minimum Gasteiger partial charge on any atom is -0.497 e. The third kappa shape index (κ3) is 5.24. The molecular weight excluding hydrogens is 314 g/mol. The fraction of sp³-hybridized carbons (Fsp3) is 0.381. The molecule has 0 saturated heterocycles. The Morgan fingerprint density at radius 2 is 1.76 bits per heavy atom. The molecule has 4 heteroatoms. The van der Waals surface area contributed by atoms with E-state index in [2.05, 4.69) is 19.2 Å². The number of ether oxygens (including phenoxy) is 2. The van der Waals surface area contributed by atoms with Crippen molar-refractivity contribution >= 4 is 5.91 Å². The zero-order chi connectivity index (χ0) is 18.2. The van der Waals surface area contributed by atoms with Crippen LogP contribution in [-0.2, 0) is 4.79 Å². The quantitative estimate of drug-likeness (QED) is 0.771. The molecule has 1 amide bonds. The summed E-state index contributed by atoms with van der Waals surface area (Å²) in [4.78, 5) is 12.3. The highest BCUT2D eigenvalue weighted by Crippen LogP contribution is 2.26. The molecule has 0 spiro atoms. The van der Waals surface area contributed by atoms with Crippen LogP contribution in [0.1, 0.15) is 50.3 Å². The maximum Gasteiger partial charge on any atom is 0.258 e. The highest BCUT2D eigenvalue weighted by molar-refractivity contribution is 5.78.